The summed E-state index contributed by atoms with van der Waals surface area (Å²) in [5, 5.41) is 29.3. The van der Waals surface area contributed by atoms with Gasteiger partial charge in [0.15, 0.2) is 0 Å². The highest BCUT2D eigenvalue weighted by atomic mass is 19.4. The van der Waals surface area contributed by atoms with Crippen molar-refractivity contribution in [2.75, 3.05) is 6.61 Å². The zero-order valence-corrected chi connectivity index (χ0v) is 25.4. The molecular formula is C34H45F5O5. The number of aromatic hydroxyl groups is 2. The summed E-state index contributed by atoms with van der Waals surface area (Å²) in [6.07, 6.45) is 1.54. The Kier molecular flexibility index (Phi) is 12.7. The van der Waals surface area contributed by atoms with Gasteiger partial charge in [0, 0.05) is 23.8 Å². The number of carboxylic acid groups (broad SMARTS) is 1. The molecule has 3 atom stereocenters. The fraction of sp³-hybridized carbons (Fsp3) is 0.618. The topological polar surface area (TPSA) is 87.0 Å². The highest BCUT2D eigenvalue weighted by Gasteiger charge is 2.56. The first kappa shape index (κ1) is 35.4. The lowest BCUT2D eigenvalue weighted by atomic mass is 9.63. The van der Waals surface area contributed by atoms with E-state index in [9.17, 15) is 42.1 Å². The average molecular weight is 629 g/mol. The number of benzene rings is 2. The minimum atomic E-state index is -5.58. The Morgan fingerprint density at radius 3 is 2.02 bits per heavy atom. The molecule has 5 nitrogen and oxygen atoms in total. The molecule has 44 heavy (non-hydrogen) atoms. The minimum Gasteiger partial charge on any atom is -0.508 e. The molecule has 0 saturated carbocycles. The van der Waals surface area contributed by atoms with E-state index in [0.717, 1.165) is 62.5 Å². The summed E-state index contributed by atoms with van der Waals surface area (Å²) in [6, 6.07) is 12.6. The number of aliphatic carboxylic acids is 1. The number of alkyl halides is 5. The number of fused-ring (bicyclic) bond motifs is 1. The first-order valence-electron chi connectivity index (χ1n) is 15.7. The Hall–Kier alpha value is -3.04. The van der Waals surface area contributed by atoms with E-state index in [1.165, 1.54) is 0 Å². The van der Waals surface area contributed by atoms with Crippen molar-refractivity contribution in [2.45, 2.75) is 120 Å². The van der Waals surface area contributed by atoms with E-state index < -0.39 is 30.4 Å². The Bertz CT molecular complexity index is 1180. The molecule has 0 aliphatic carbocycles. The van der Waals surface area contributed by atoms with Gasteiger partial charge in [-0.15, -0.1) is 0 Å². The van der Waals surface area contributed by atoms with Crippen molar-refractivity contribution >= 4 is 5.97 Å². The van der Waals surface area contributed by atoms with Gasteiger partial charge in [-0.25, -0.2) is 0 Å². The standard InChI is InChI=1S/C34H45F5O5/c1-2-32(25-15-17-26(40)18-16-25)23-44-30-22-27(41)19-20-28(30)29(32)14-9-7-5-3-4-6-8-12-24(31(42)43)13-10-11-21-33(35,36)34(37,38)39/h15-20,22,24,29,40-41H,2-14,21,23H2,1H3,(H,42,43). The number of carboxylic acids is 1. The molecule has 246 valence electrons. The maximum Gasteiger partial charge on any atom is 0.453 e. The molecule has 1 aliphatic rings. The number of hydrogen-bond donors (Lipinski definition) is 3. The maximum atomic E-state index is 13.1. The lowest BCUT2D eigenvalue weighted by Gasteiger charge is -2.45. The van der Waals surface area contributed by atoms with Crippen LogP contribution in [0.3, 0.4) is 0 Å². The zero-order valence-electron chi connectivity index (χ0n) is 25.4. The first-order chi connectivity index (χ1) is 20.8. The SMILES string of the molecule is CCC1(c2ccc(O)cc2)COc2cc(O)ccc2C1CCCCCCCCCC(CCCCC(F)(F)C(F)(F)F)C(=O)O. The van der Waals surface area contributed by atoms with E-state index in [-0.39, 0.29) is 42.1 Å². The summed E-state index contributed by atoms with van der Waals surface area (Å²) >= 11 is 0. The molecule has 0 bridgehead atoms. The van der Waals surface area contributed by atoms with Crippen molar-refractivity contribution in [1.82, 2.24) is 0 Å². The van der Waals surface area contributed by atoms with Crippen LogP contribution in [-0.4, -0.2) is 40.0 Å². The number of hydrogen-bond acceptors (Lipinski definition) is 4. The Morgan fingerprint density at radius 1 is 0.864 bits per heavy atom. The van der Waals surface area contributed by atoms with Crippen molar-refractivity contribution in [3.05, 3.63) is 53.6 Å². The lowest BCUT2D eigenvalue weighted by Crippen LogP contribution is -2.42. The van der Waals surface area contributed by atoms with Crippen LogP contribution >= 0.6 is 0 Å². The van der Waals surface area contributed by atoms with Crippen LogP contribution in [0, 0.1) is 5.92 Å². The van der Waals surface area contributed by atoms with Crippen LogP contribution < -0.4 is 4.74 Å². The molecule has 1 aliphatic heterocycles. The number of rotatable bonds is 18. The number of unbranched alkanes of at least 4 members (excludes halogenated alkanes) is 7. The van der Waals surface area contributed by atoms with Gasteiger partial charge < -0.3 is 20.1 Å². The van der Waals surface area contributed by atoms with E-state index in [0.29, 0.717) is 25.2 Å². The number of carbonyl (C=O) groups is 1. The van der Waals surface area contributed by atoms with Gasteiger partial charge in [-0.2, -0.15) is 22.0 Å². The van der Waals surface area contributed by atoms with Crippen molar-refractivity contribution in [1.29, 1.82) is 0 Å². The van der Waals surface area contributed by atoms with E-state index >= 15 is 0 Å². The van der Waals surface area contributed by atoms with Crippen LogP contribution in [0.5, 0.6) is 17.2 Å². The van der Waals surface area contributed by atoms with Crippen LogP contribution in [-0.2, 0) is 10.2 Å². The minimum absolute atomic E-state index is 0.0213. The molecule has 0 spiro atoms. The molecule has 1 heterocycles. The molecule has 2 aromatic rings. The third-order valence-corrected chi connectivity index (χ3v) is 9.20. The second-order valence-electron chi connectivity index (χ2n) is 12.2. The second kappa shape index (κ2) is 15.8. The summed E-state index contributed by atoms with van der Waals surface area (Å²) < 4.78 is 69.1. The van der Waals surface area contributed by atoms with E-state index in [1.54, 1.807) is 24.3 Å². The fourth-order valence-electron chi connectivity index (χ4n) is 6.50. The van der Waals surface area contributed by atoms with Gasteiger partial charge in [0.2, 0.25) is 0 Å². The number of halogens is 5. The van der Waals surface area contributed by atoms with Gasteiger partial charge in [-0.1, -0.05) is 76.5 Å². The van der Waals surface area contributed by atoms with Crippen molar-refractivity contribution < 1.29 is 46.8 Å². The maximum absolute atomic E-state index is 13.1. The summed E-state index contributed by atoms with van der Waals surface area (Å²) in [4.78, 5) is 11.5. The largest absolute Gasteiger partial charge is 0.508 e. The lowest BCUT2D eigenvalue weighted by molar-refractivity contribution is -0.284. The third-order valence-electron chi connectivity index (χ3n) is 9.20. The van der Waals surface area contributed by atoms with Gasteiger partial charge in [-0.3, -0.25) is 4.79 Å². The average Bonchev–Trinajstić information content (AvgIpc) is 2.96. The van der Waals surface area contributed by atoms with Crippen LogP contribution in [0.4, 0.5) is 22.0 Å². The third kappa shape index (κ3) is 9.24. The highest BCUT2D eigenvalue weighted by molar-refractivity contribution is 5.69. The fourth-order valence-corrected chi connectivity index (χ4v) is 6.50. The molecule has 3 rings (SSSR count). The van der Waals surface area contributed by atoms with Crippen LogP contribution in [0.25, 0.3) is 0 Å². The quantitative estimate of drug-likeness (QED) is 0.113. The monoisotopic (exact) mass is 628 g/mol. The van der Waals surface area contributed by atoms with E-state index in [4.69, 9.17) is 4.74 Å². The van der Waals surface area contributed by atoms with Crippen LogP contribution in [0.15, 0.2) is 42.5 Å². The molecule has 2 aromatic carbocycles. The predicted octanol–water partition coefficient (Wildman–Crippen LogP) is 9.89. The molecule has 0 amide bonds. The molecule has 0 saturated heterocycles. The van der Waals surface area contributed by atoms with Crippen molar-refractivity contribution in [3.63, 3.8) is 0 Å². The predicted molar refractivity (Wildman–Crippen MR) is 159 cm³/mol. The summed E-state index contributed by atoms with van der Waals surface area (Å²) in [5.41, 5.74) is 1.92. The number of phenols is 2. The Labute approximate surface area is 256 Å². The Balaban J connectivity index is 1.42. The van der Waals surface area contributed by atoms with Crippen LogP contribution in [0.2, 0.25) is 0 Å². The molecule has 3 N–H and O–H groups in total. The molecule has 0 fully saturated rings. The molecule has 10 heteroatoms. The van der Waals surface area contributed by atoms with Crippen LogP contribution in [0.1, 0.15) is 114 Å². The highest BCUT2D eigenvalue weighted by Crippen LogP contribution is 2.51. The first-order valence-corrected chi connectivity index (χ1v) is 15.7. The Morgan fingerprint density at radius 2 is 1.43 bits per heavy atom. The molecule has 3 unspecified atom stereocenters. The van der Waals surface area contributed by atoms with Gasteiger partial charge >= 0.3 is 18.1 Å². The van der Waals surface area contributed by atoms with E-state index in [1.807, 2.05) is 18.2 Å². The zero-order chi connectivity index (χ0) is 32.4. The summed E-state index contributed by atoms with van der Waals surface area (Å²) in [6.45, 7) is 2.63. The molecule has 0 aromatic heterocycles. The summed E-state index contributed by atoms with van der Waals surface area (Å²) in [5.74, 6) is -5.25. The van der Waals surface area contributed by atoms with Gasteiger partial charge in [-0.05, 0) is 61.4 Å². The second-order valence-corrected chi connectivity index (χ2v) is 12.2. The van der Waals surface area contributed by atoms with Gasteiger partial charge in [0.1, 0.15) is 17.2 Å². The van der Waals surface area contributed by atoms with Crippen molar-refractivity contribution in [3.8, 4) is 17.2 Å². The number of phenolic OH excluding ortho intramolecular Hbond substituents is 2. The van der Waals surface area contributed by atoms with E-state index in [2.05, 4.69) is 6.92 Å². The molecular weight excluding hydrogens is 583 g/mol. The van der Waals surface area contributed by atoms with Crippen molar-refractivity contribution in [2.24, 2.45) is 5.92 Å². The van der Waals surface area contributed by atoms with Gasteiger partial charge in [0.25, 0.3) is 0 Å². The van der Waals surface area contributed by atoms with Gasteiger partial charge in [0.05, 0.1) is 12.5 Å². The normalized spacial score (nSPS) is 19.3. The number of ether oxygens (including phenoxy) is 1. The molecule has 0 radical (unpaired) electrons. The summed E-state index contributed by atoms with van der Waals surface area (Å²) in [7, 11) is 0. The smallest absolute Gasteiger partial charge is 0.453 e.